The third kappa shape index (κ3) is 3.36. The smallest absolute Gasteiger partial charge is 0.224 e. The maximum absolute atomic E-state index is 12.0. The van der Waals surface area contributed by atoms with Crippen LogP contribution < -0.4 is 5.32 Å². The first kappa shape index (κ1) is 14.5. The minimum atomic E-state index is -0.617. The lowest BCUT2D eigenvalue weighted by atomic mass is 9.98. The summed E-state index contributed by atoms with van der Waals surface area (Å²) in [6.07, 6.45) is -0.274. The van der Waals surface area contributed by atoms with E-state index in [0.29, 0.717) is 6.42 Å². The second kappa shape index (κ2) is 5.63. The van der Waals surface area contributed by atoms with E-state index in [1.807, 2.05) is 50.2 Å². The summed E-state index contributed by atoms with van der Waals surface area (Å²) in [4.78, 5) is 12.0. The quantitative estimate of drug-likeness (QED) is 0.898. The molecule has 0 aromatic heterocycles. The summed E-state index contributed by atoms with van der Waals surface area (Å²) < 4.78 is 0. The van der Waals surface area contributed by atoms with Crippen LogP contribution in [-0.4, -0.2) is 22.7 Å². The van der Waals surface area contributed by atoms with E-state index in [1.165, 1.54) is 5.39 Å². The van der Waals surface area contributed by atoms with Crippen molar-refractivity contribution in [2.45, 2.75) is 38.8 Å². The Morgan fingerprint density at radius 1 is 1.20 bits per heavy atom. The molecule has 3 nitrogen and oxygen atoms in total. The molecule has 0 fully saturated rings. The third-order valence-electron chi connectivity index (χ3n) is 3.68. The van der Waals surface area contributed by atoms with Gasteiger partial charge >= 0.3 is 0 Å². The van der Waals surface area contributed by atoms with Gasteiger partial charge in [-0.1, -0.05) is 42.5 Å². The van der Waals surface area contributed by atoms with Gasteiger partial charge in [0.1, 0.15) is 0 Å². The number of hydrogen-bond acceptors (Lipinski definition) is 2. The first-order chi connectivity index (χ1) is 9.38. The highest BCUT2D eigenvalue weighted by atomic mass is 16.3. The van der Waals surface area contributed by atoms with Crippen molar-refractivity contribution in [3.8, 4) is 0 Å². The van der Waals surface area contributed by atoms with Crippen LogP contribution in [0, 0.1) is 0 Å². The van der Waals surface area contributed by atoms with Crippen LogP contribution in [0.1, 0.15) is 26.3 Å². The number of hydrogen-bond donors (Lipinski definition) is 2. The molecule has 0 heterocycles. The van der Waals surface area contributed by atoms with E-state index in [9.17, 15) is 9.90 Å². The van der Waals surface area contributed by atoms with Crippen LogP contribution in [0.15, 0.2) is 42.5 Å². The monoisotopic (exact) mass is 271 g/mol. The topological polar surface area (TPSA) is 49.3 Å². The summed E-state index contributed by atoms with van der Waals surface area (Å²) in [5.41, 5.74) is 0.357. The Balaban J connectivity index is 2.10. The summed E-state index contributed by atoms with van der Waals surface area (Å²) in [5.74, 6) is -0.0776. The lowest BCUT2D eigenvalue weighted by Crippen LogP contribution is -2.51. The van der Waals surface area contributed by atoms with Gasteiger partial charge in [0.2, 0.25) is 5.91 Å². The van der Waals surface area contributed by atoms with Crippen LogP contribution in [-0.2, 0) is 11.2 Å². The number of aliphatic hydroxyl groups excluding tert-OH is 1. The zero-order valence-electron chi connectivity index (χ0n) is 12.2. The molecule has 0 radical (unpaired) electrons. The van der Waals surface area contributed by atoms with Gasteiger partial charge in [-0.25, -0.2) is 0 Å². The van der Waals surface area contributed by atoms with Crippen molar-refractivity contribution in [3.63, 3.8) is 0 Å². The number of amides is 1. The zero-order chi connectivity index (χ0) is 14.8. The Bertz CT molecular complexity index is 617. The van der Waals surface area contributed by atoms with Gasteiger partial charge in [0, 0.05) is 0 Å². The fourth-order valence-electron chi connectivity index (χ4n) is 2.04. The lowest BCUT2D eigenvalue weighted by molar-refractivity contribution is -0.123. The predicted molar refractivity (Wildman–Crippen MR) is 81.6 cm³/mol. The fourth-order valence-corrected chi connectivity index (χ4v) is 2.04. The second-order valence-corrected chi connectivity index (χ2v) is 5.80. The van der Waals surface area contributed by atoms with Gasteiger partial charge in [-0.05, 0) is 37.1 Å². The number of fused-ring (bicyclic) bond motifs is 1. The Morgan fingerprint density at radius 2 is 1.85 bits per heavy atom. The van der Waals surface area contributed by atoms with E-state index in [-0.39, 0.29) is 5.91 Å². The highest BCUT2D eigenvalue weighted by Crippen LogP contribution is 2.16. The van der Waals surface area contributed by atoms with Crippen LogP contribution in [0.25, 0.3) is 10.8 Å². The Morgan fingerprint density at radius 3 is 2.50 bits per heavy atom. The van der Waals surface area contributed by atoms with Crippen molar-refractivity contribution >= 4 is 16.7 Å². The number of carbonyl (C=O) groups is 1. The van der Waals surface area contributed by atoms with E-state index in [2.05, 4.69) is 11.4 Å². The molecule has 0 bridgehead atoms. The molecule has 20 heavy (non-hydrogen) atoms. The van der Waals surface area contributed by atoms with Gasteiger partial charge in [-0.3, -0.25) is 4.79 Å². The number of benzene rings is 2. The van der Waals surface area contributed by atoms with Crippen molar-refractivity contribution in [1.29, 1.82) is 0 Å². The van der Waals surface area contributed by atoms with Crippen LogP contribution in [0.5, 0.6) is 0 Å². The SMILES string of the molecule is CC(O)C(C)(C)NC(=O)Cc1ccc2ccccc2c1. The summed E-state index contributed by atoms with van der Waals surface area (Å²) in [6, 6.07) is 14.1. The maximum atomic E-state index is 12.0. The number of rotatable bonds is 4. The van der Waals surface area contributed by atoms with Crippen molar-refractivity contribution in [3.05, 3.63) is 48.0 Å². The fraction of sp³-hybridized carbons (Fsp3) is 0.353. The molecule has 3 heteroatoms. The van der Waals surface area contributed by atoms with Crippen LogP contribution in [0.2, 0.25) is 0 Å². The first-order valence-electron chi connectivity index (χ1n) is 6.85. The molecule has 1 amide bonds. The average molecular weight is 271 g/mol. The van der Waals surface area contributed by atoms with E-state index >= 15 is 0 Å². The third-order valence-corrected chi connectivity index (χ3v) is 3.68. The molecule has 0 saturated carbocycles. The van der Waals surface area contributed by atoms with E-state index in [4.69, 9.17) is 0 Å². The molecule has 0 aliphatic heterocycles. The summed E-state index contributed by atoms with van der Waals surface area (Å²) >= 11 is 0. The standard InChI is InChI=1S/C17H21NO2/c1-12(19)17(2,3)18-16(20)11-13-8-9-14-6-4-5-7-15(14)10-13/h4-10,12,19H,11H2,1-3H3,(H,18,20). The average Bonchev–Trinajstić information content (AvgIpc) is 2.37. The van der Waals surface area contributed by atoms with Crippen molar-refractivity contribution in [2.24, 2.45) is 0 Å². The van der Waals surface area contributed by atoms with Gasteiger partial charge in [-0.15, -0.1) is 0 Å². The Kier molecular flexibility index (Phi) is 4.09. The molecule has 2 aromatic carbocycles. The van der Waals surface area contributed by atoms with Crippen molar-refractivity contribution < 1.29 is 9.90 Å². The zero-order valence-corrected chi connectivity index (χ0v) is 12.2. The van der Waals surface area contributed by atoms with Crippen molar-refractivity contribution in [2.75, 3.05) is 0 Å². The minimum Gasteiger partial charge on any atom is -0.391 e. The van der Waals surface area contributed by atoms with Crippen LogP contribution >= 0.6 is 0 Å². The lowest BCUT2D eigenvalue weighted by Gasteiger charge is -2.29. The number of nitrogens with one attached hydrogen (secondary N) is 1. The maximum Gasteiger partial charge on any atom is 0.224 e. The van der Waals surface area contributed by atoms with Crippen molar-refractivity contribution in [1.82, 2.24) is 5.32 Å². The molecule has 0 aliphatic carbocycles. The summed E-state index contributed by atoms with van der Waals surface area (Å²) in [7, 11) is 0. The van der Waals surface area contributed by atoms with Crippen LogP contribution in [0.3, 0.4) is 0 Å². The second-order valence-electron chi connectivity index (χ2n) is 5.80. The molecule has 0 spiro atoms. The molecule has 106 valence electrons. The molecule has 1 atom stereocenters. The highest BCUT2D eigenvalue weighted by Gasteiger charge is 2.25. The highest BCUT2D eigenvalue weighted by molar-refractivity contribution is 5.85. The summed E-state index contributed by atoms with van der Waals surface area (Å²) in [5, 5.41) is 14.8. The number of aliphatic hydroxyl groups is 1. The molecular weight excluding hydrogens is 250 g/mol. The molecule has 2 N–H and O–H groups in total. The van der Waals surface area contributed by atoms with Crippen LogP contribution in [0.4, 0.5) is 0 Å². The van der Waals surface area contributed by atoms with E-state index in [1.54, 1.807) is 6.92 Å². The van der Waals surface area contributed by atoms with Gasteiger partial charge in [-0.2, -0.15) is 0 Å². The number of carbonyl (C=O) groups excluding carboxylic acids is 1. The largest absolute Gasteiger partial charge is 0.391 e. The Labute approximate surface area is 119 Å². The van der Waals surface area contributed by atoms with Gasteiger partial charge in [0.15, 0.2) is 0 Å². The first-order valence-corrected chi connectivity index (χ1v) is 6.85. The molecule has 0 aliphatic rings. The summed E-state index contributed by atoms with van der Waals surface area (Å²) in [6.45, 7) is 5.31. The molecular formula is C17H21NO2. The molecule has 2 aromatic rings. The minimum absolute atomic E-state index is 0.0776. The molecule has 2 rings (SSSR count). The van der Waals surface area contributed by atoms with E-state index < -0.39 is 11.6 Å². The molecule has 0 saturated heterocycles. The van der Waals surface area contributed by atoms with Gasteiger partial charge in [0.25, 0.3) is 0 Å². The molecule has 1 unspecified atom stereocenters. The predicted octanol–water partition coefficient (Wildman–Crippen LogP) is 2.66. The normalized spacial score (nSPS) is 13.2. The van der Waals surface area contributed by atoms with E-state index in [0.717, 1.165) is 10.9 Å². The Hall–Kier alpha value is -1.87. The van der Waals surface area contributed by atoms with Gasteiger partial charge < -0.3 is 10.4 Å². The van der Waals surface area contributed by atoms with Gasteiger partial charge in [0.05, 0.1) is 18.1 Å².